The van der Waals surface area contributed by atoms with Crippen LogP contribution in [-0.2, 0) is 0 Å². The van der Waals surface area contributed by atoms with Crippen molar-refractivity contribution in [2.24, 2.45) is 5.41 Å². The van der Waals surface area contributed by atoms with E-state index >= 15 is 19.2 Å². The van der Waals surface area contributed by atoms with E-state index in [4.69, 9.17) is 23.2 Å². The first-order chi connectivity index (χ1) is 21.8. The molecule has 2 spiro atoms. The summed E-state index contributed by atoms with van der Waals surface area (Å²) in [5, 5.41) is 0.905. The fourth-order valence-corrected chi connectivity index (χ4v) is 8.26. The number of para-hydroxylation sites is 1. The van der Waals surface area contributed by atoms with Crippen molar-refractivity contribution in [3.8, 4) is 0 Å². The van der Waals surface area contributed by atoms with Crippen LogP contribution in [0.5, 0.6) is 0 Å². The average molecular weight is 629 g/mol. The minimum absolute atomic E-state index is 0.254. The minimum Gasteiger partial charge on any atom is -0.343 e. The summed E-state index contributed by atoms with van der Waals surface area (Å²) in [5.74, 6) is -3.00. The number of rotatable bonds is 3. The Balaban J connectivity index is 1.58. The molecule has 2 atom stereocenters. The Labute approximate surface area is 269 Å². The number of hydrogen-bond acceptors (Lipinski definition) is 5. The van der Waals surface area contributed by atoms with Crippen LogP contribution >= 0.6 is 23.2 Å². The SMILES string of the molecule is O=C1c2ccccc2C(=O)C12C(c1ccc(Cl)cc1)N(c1ccccc1)C1(C(=O)c3ccccc3C1=O)C2c1ccc(Cl)cc1. The number of carbonyl (C=O) groups excluding carboxylic acids is 4. The largest absolute Gasteiger partial charge is 0.343 e. The third-order valence-electron chi connectivity index (χ3n) is 9.64. The quantitative estimate of drug-likeness (QED) is 0.188. The highest BCUT2D eigenvalue weighted by atomic mass is 35.5. The molecule has 2 unspecified atom stereocenters. The molecule has 1 aliphatic heterocycles. The maximum absolute atomic E-state index is 15.2. The average Bonchev–Trinajstić information content (AvgIpc) is 3.57. The standard InChI is InChI=1S/C38H23Cl2NO4/c39-24-18-14-22(15-19-24)31-37(33(42)27-10-4-5-11-28(27)34(37)43)32(23-16-20-25(40)21-17-23)41(26-8-2-1-3-9-26)38(31)35(44)29-12-6-7-13-30(29)36(38)45/h1-21,31-32H. The summed E-state index contributed by atoms with van der Waals surface area (Å²) < 4.78 is 0. The lowest BCUT2D eigenvalue weighted by Gasteiger charge is -2.40. The minimum atomic E-state index is -1.99. The number of halogens is 2. The number of carbonyl (C=O) groups is 4. The Morgan fingerprint density at radius 1 is 0.467 bits per heavy atom. The molecule has 0 saturated carbocycles. The molecule has 5 nitrogen and oxygen atoms in total. The van der Waals surface area contributed by atoms with Gasteiger partial charge in [0.25, 0.3) is 0 Å². The van der Waals surface area contributed by atoms with Crippen molar-refractivity contribution in [2.75, 3.05) is 4.90 Å². The molecule has 0 radical (unpaired) electrons. The van der Waals surface area contributed by atoms with E-state index in [1.54, 1.807) is 102 Å². The second-order valence-corrected chi connectivity index (χ2v) is 12.6. The molecule has 1 heterocycles. The van der Waals surface area contributed by atoms with E-state index in [2.05, 4.69) is 0 Å². The van der Waals surface area contributed by atoms with Gasteiger partial charge >= 0.3 is 0 Å². The second kappa shape index (κ2) is 9.83. The molecule has 0 amide bonds. The van der Waals surface area contributed by atoms with E-state index < -0.39 is 46.0 Å². The molecule has 7 heteroatoms. The third kappa shape index (κ3) is 3.45. The fourth-order valence-electron chi connectivity index (χ4n) is 8.00. The number of Topliss-reactive ketones (excluding diaryl/α,β-unsaturated/α-hetero) is 4. The molecule has 1 fully saturated rings. The van der Waals surface area contributed by atoms with Crippen LogP contribution in [0.2, 0.25) is 10.0 Å². The second-order valence-electron chi connectivity index (χ2n) is 11.7. The lowest BCUT2D eigenvalue weighted by atomic mass is 9.60. The summed E-state index contributed by atoms with van der Waals surface area (Å²) in [6.45, 7) is 0. The van der Waals surface area contributed by atoms with Gasteiger partial charge in [0, 0.05) is 43.9 Å². The Kier molecular flexibility index (Phi) is 6.05. The highest BCUT2D eigenvalue weighted by Crippen LogP contribution is 2.69. The van der Waals surface area contributed by atoms with Gasteiger partial charge in [-0.1, -0.05) is 114 Å². The van der Waals surface area contributed by atoms with Gasteiger partial charge in [0.15, 0.2) is 28.7 Å². The zero-order valence-electron chi connectivity index (χ0n) is 23.6. The Morgan fingerprint density at radius 2 is 0.867 bits per heavy atom. The lowest BCUT2D eigenvalue weighted by Crippen LogP contribution is -2.57. The molecule has 1 saturated heterocycles. The third-order valence-corrected chi connectivity index (χ3v) is 10.1. The molecule has 5 aromatic carbocycles. The summed E-state index contributed by atoms with van der Waals surface area (Å²) in [6, 6.07) is 35.2. The molecule has 45 heavy (non-hydrogen) atoms. The van der Waals surface area contributed by atoms with E-state index in [1.807, 2.05) is 30.3 Å². The van der Waals surface area contributed by atoms with E-state index in [1.165, 1.54) is 0 Å². The fraction of sp³-hybridized carbons (Fsp3) is 0.105. The van der Waals surface area contributed by atoms with Gasteiger partial charge in [-0.2, -0.15) is 0 Å². The van der Waals surface area contributed by atoms with Crippen LogP contribution in [-0.4, -0.2) is 28.7 Å². The van der Waals surface area contributed by atoms with Crippen molar-refractivity contribution in [1.29, 1.82) is 0 Å². The van der Waals surface area contributed by atoms with Crippen molar-refractivity contribution in [2.45, 2.75) is 17.5 Å². The lowest BCUT2D eigenvalue weighted by molar-refractivity contribution is 0.0620. The zero-order chi connectivity index (χ0) is 31.1. The first-order valence-electron chi connectivity index (χ1n) is 14.6. The number of ketones is 4. The van der Waals surface area contributed by atoms with Gasteiger partial charge in [-0.3, -0.25) is 19.2 Å². The molecule has 0 N–H and O–H groups in total. The smallest absolute Gasteiger partial charge is 0.197 e. The Bertz CT molecular complexity index is 2000. The maximum atomic E-state index is 15.2. The van der Waals surface area contributed by atoms with Gasteiger partial charge in [0.1, 0.15) is 5.41 Å². The van der Waals surface area contributed by atoms with Crippen molar-refractivity contribution < 1.29 is 19.2 Å². The molecule has 5 aromatic rings. The van der Waals surface area contributed by atoms with Crippen molar-refractivity contribution in [1.82, 2.24) is 0 Å². The number of anilines is 1. The summed E-state index contributed by atoms with van der Waals surface area (Å²) >= 11 is 12.7. The van der Waals surface area contributed by atoms with Crippen molar-refractivity contribution in [3.05, 3.63) is 171 Å². The van der Waals surface area contributed by atoms with Crippen molar-refractivity contribution in [3.63, 3.8) is 0 Å². The van der Waals surface area contributed by atoms with E-state index in [0.29, 0.717) is 26.9 Å². The number of nitrogens with zero attached hydrogens (tertiary/aromatic N) is 1. The first kappa shape index (κ1) is 27.7. The number of hydrogen-bond donors (Lipinski definition) is 0. The molecule has 8 rings (SSSR count). The molecular weight excluding hydrogens is 605 g/mol. The van der Waals surface area contributed by atoms with Crippen LogP contribution in [0, 0.1) is 5.41 Å². The van der Waals surface area contributed by atoms with Gasteiger partial charge < -0.3 is 4.90 Å². The summed E-state index contributed by atoms with van der Waals surface area (Å²) in [6.07, 6.45) is 0. The van der Waals surface area contributed by atoms with Crippen LogP contribution in [0.3, 0.4) is 0 Å². The summed E-state index contributed by atoms with van der Waals surface area (Å²) in [4.78, 5) is 62.6. The van der Waals surface area contributed by atoms with Crippen LogP contribution in [0.15, 0.2) is 127 Å². The zero-order valence-corrected chi connectivity index (χ0v) is 25.1. The molecule has 0 aromatic heterocycles. The topological polar surface area (TPSA) is 71.5 Å². The van der Waals surface area contributed by atoms with Crippen LogP contribution in [0.4, 0.5) is 5.69 Å². The molecule has 2 aliphatic carbocycles. The first-order valence-corrected chi connectivity index (χ1v) is 15.3. The normalized spacial score (nSPS) is 20.7. The Hall–Kier alpha value is -4.84. The summed E-state index contributed by atoms with van der Waals surface area (Å²) in [7, 11) is 0. The predicted octanol–water partition coefficient (Wildman–Crippen LogP) is 8.22. The summed E-state index contributed by atoms with van der Waals surface area (Å²) in [5.41, 5.74) is -1.27. The number of benzene rings is 5. The molecule has 3 aliphatic rings. The van der Waals surface area contributed by atoms with Crippen molar-refractivity contribution >= 4 is 52.0 Å². The van der Waals surface area contributed by atoms with E-state index in [-0.39, 0.29) is 22.3 Å². The van der Waals surface area contributed by atoms with Gasteiger partial charge in [-0.15, -0.1) is 0 Å². The van der Waals surface area contributed by atoms with Crippen LogP contribution in [0.25, 0.3) is 0 Å². The predicted molar refractivity (Wildman–Crippen MR) is 173 cm³/mol. The number of fused-ring (bicyclic) bond motifs is 2. The van der Waals surface area contributed by atoms with Gasteiger partial charge in [0.2, 0.25) is 0 Å². The van der Waals surface area contributed by atoms with Crippen LogP contribution in [0.1, 0.15) is 64.5 Å². The Morgan fingerprint density at radius 3 is 1.33 bits per heavy atom. The highest BCUT2D eigenvalue weighted by Gasteiger charge is 2.80. The molecular formula is C38H23Cl2NO4. The molecule has 0 bridgehead atoms. The van der Waals surface area contributed by atoms with E-state index in [0.717, 1.165) is 0 Å². The van der Waals surface area contributed by atoms with E-state index in [9.17, 15) is 0 Å². The highest BCUT2D eigenvalue weighted by molar-refractivity contribution is 6.39. The van der Waals surface area contributed by atoms with Crippen LogP contribution < -0.4 is 4.90 Å². The monoisotopic (exact) mass is 627 g/mol. The maximum Gasteiger partial charge on any atom is 0.197 e. The molecule has 218 valence electrons. The van der Waals surface area contributed by atoms with Gasteiger partial charge in [-0.05, 0) is 47.5 Å². The van der Waals surface area contributed by atoms with Gasteiger partial charge in [0.05, 0.1) is 6.04 Å². The van der Waals surface area contributed by atoms with Gasteiger partial charge in [-0.25, -0.2) is 0 Å².